The molecule has 2 rings (SSSR count). The van der Waals surface area contributed by atoms with Gasteiger partial charge in [0.1, 0.15) is 6.07 Å². The van der Waals surface area contributed by atoms with Crippen molar-refractivity contribution in [3.8, 4) is 6.07 Å². The highest BCUT2D eigenvalue weighted by atomic mass is 16.5. The second-order valence-electron chi connectivity index (χ2n) is 4.68. The molecule has 22 heavy (non-hydrogen) atoms. The third kappa shape index (κ3) is 3.81. The molecule has 0 aliphatic carbocycles. The Bertz CT molecular complexity index is 589. The number of hydrazone groups is 1. The predicted molar refractivity (Wildman–Crippen MR) is 81.8 cm³/mol. The summed E-state index contributed by atoms with van der Waals surface area (Å²) in [6.45, 7) is 3.08. The second kappa shape index (κ2) is 8.12. The zero-order valence-corrected chi connectivity index (χ0v) is 12.4. The molecule has 0 atom stereocenters. The van der Waals surface area contributed by atoms with E-state index in [1.807, 2.05) is 12.1 Å². The molecular weight excluding hydrogens is 284 g/mol. The normalized spacial score (nSPS) is 15.3. The molecule has 7 heteroatoms. The highest BCUT2D eigenvalue weighted by Crippen LogP contribution is 2.23. The number of benzene rings is 1. The van der Waals surface area contributed by atoms with Gasteiger partial charge in [-0.15, -0.1) is 0 Å². The number of morpholine rings is 1. The van der Waals surface area contributed by atoms with Crippen molar-refractivity contribution in [2.45, 2.75) is 0 Å². The lowest BCUT2D eigenvalue weighted by molar-refractivity contribution is -0.109. The van der Waals surface area contributed by atoms with E-state index in [9.17, 15) is 10.1 Å². The number of ether oxygens (including phenoxy) is 2. The molecule has 1 aromatic rings. The number of nitrogens with zero attached hydrogens (tertiary/aromatic N) is 3. The minimum Gasteiger partial charge on any atom is -0.378 e. The van der Waals surface area contributed by atoms with Crippen LogP contribution in [0.5, 0.6) is 0 Å². The lowest BCUT2D eigenvalue weighted by atomic mass is 10.0. The fraction of sp³-hybridized carbons (Fsp3) is 0.400. The fourth-order valence-electron chi connectivity index (χ4n) is 2.31. The molecule has 1 aromatic carbocycles. The van der Waals surface area contributed by atoms with Crippen molar-refractivity contribution in [1.29, 1.82) is 5.26 Å². The number of hydrogen-bond acceptors (Lipinski definition) is 6. The summed E-state index contributed by atoms with van der Waals surface area (Å²) in [6, 6.07) is 7.74. The molecule has 1 amide bonds. The van der Waals surface area contributed by atoms with Gasteiger partial charge in [-0.1, -0.05) is 6.07 Å². The van der Waals surface area contributed by atoms with Crippen LogP contribution in [-0.2, 0) is 14.3 Å². The zero-order chi connectivity index (χ0) is 15.8. The first-order valence-corrected chi connectivity index (χ1v) is 6.92. The zero-order valence-electron chi connectivity index (χ0n) is 12.4. The van der Waals surface area contributed by atoms with Crippen molar-refractivity contribution >= 4 is 17.8 Å². The van der Waals surface area contributed by atoms with Crippen LogP contribution >= 0.6 is 0 Å². The van der Waals surface area contributed by atoms with E-state index in [0.29, 0.717) is 30.9 Å². The van der Waals surface area contributed by atoms with Crippen molar-refractivity contribution in [1.82, 2.24) is 5.43 Å². The van der Waals surface area contributed by atoms with E-state index in [1.54, 1.807) is 13.2 Å². The standard InChI is InChI=1S/C15H18N4O3/c1-21-10-14(18-17-11-20)12-2-3-15(13(8-12)9-16)19-4-6-22-7-5-19/h2-3,8,11H,4-7,10H2,1H3,(H,17,20)/b18-14+. The Balaban J connectivity index is 2.31. The number of carbonyl (C=O) groups excluding carboxylic acids is 1. The number of nitrogens with one attached hydrogen (secondary N) is 1. The monoisotopic (exact) mass is 302 g/mol. The number of anilines is 1. The van der Waals surface area contributed by atoms with Gasteiger partial charge in [-0.25, -0.2) is 5.43 Å². The molecular formula is C15H18N4O3. The summed E-state index contributed by atoms with van der Waals surface area (Å²) in [6.07, 6.45) is 0.489. The summed E-state index contributed by atoms with van der Waals surface area (Å²) in [4.78, 5) is 12.5. The quantitative estimate of drug-likeness (QED) is 0.469. The van der Waals surface area contributed by atoms with Crippen molar-refractivity contribution in [3.05, 3.63) is 29.3 Å². The third-order valence-electron chi connectivity index (χ3n) is 3.34. The van der Waals surface area contributed by atoms with Crippen LogP contribution < -0.4 is 10.3 Å². The average Bonchev–Trinajstić information content (AvgIpc) is 2.59. The summed E-state index contributed by atoms with van der Waals surface area (Å²) in [5.41, 5.74) is 5.01. The Morgan fingerprint density at radius 3 is 2.95 bits per heavy atom. The molecule has 116 valence electrons. The number of methoxy groups -OCH3 is 1. The second-order valence-corrected chi connectivity index (χ2v) is 4.68. The van der Waals surface area contributed by atoms with Gasteiger partial charge in [0.25, 0.3) is 0 Å². The van der Waals surface area contributed by atoms with Gasteiger partial charge < -0.3 is 14.4 Å². The van der Waals surface area contributed by atoms with Crippen LogP contribution in [0.3, 0.4) is 0 Å². The Kier molecular flexibility index (Phi) is 5.89. The minimum atomic E-state index is 0.239. The minimum absolute atomic E-state index is 0.239. The fourth-order valence-corrected chi connectivity index (χ4v) is 2.31. The highest BCUT2D eigenvalue weighted by molar-refractivity contribution is 6.02. The van der Waals surface area contributed by atoms with Crippen molar-refractivity contribution in [2.24, 2.45) is 5.10 Å². The molecule has 1 aliphatic heterocycles. The van der Waals surface area contributed by atoms with E-state index in [0.717, 1.165) is 24.3 Å². The van der Waals surface area contributed by atoms with Gasteiger partial charge in [0.05, 0.1) is 36.8 Å². The molecule has 1 aliphatic rings. The highest BCUT2D eigenvalue weighted by Gasteiger charge is 2.16. The van der Waals surface area contributed by atoms with Gasteiger partial charge in [-0.2, -0.15) is 10.4 Å². The van der Waals surface area contributed by atoms with Crippen LogP contribution in [0, 0.1) is 11.3 Å². The van der Waals surface area contributed by atoms with Crippen LogP contribution in [0.2, 0.25) is 0 Å². The summed E-state index contributed by atoms with van der Waals surface area (Å²) < 4.78 is 10.4. The van der Waals surface area contributed by atoms with Gasteiger partial charge in [-0.05, 0) is 12.1 Å². The Morgan fingerprint density at radius 1 is 1.55 bits per heavy atom. The van der Waals surface area contributed by atoms with E-state index in [1.165, 1.54) is 0 Å². The van der Waals surface area contributed by atoms with Crippen LogP contribution in [0.1, 0.15) is 11.1 Å². The SMILES string of the molecule is COC/C(=N\NC=O)c1ccc(N2CCOCC2)c(C#N)c1. The molecule has 1 heterocycles. The van der Waals surface area contributed by atoms with Crippen molar-refractivity contribution in [3.63, 3.8) is 0 Å². The van der Waals surface area contributed by atoms with E-state index in [2.05, 4.69) is 21.5 Å². The summed E-state index contributed by atoms with van der Waals surface area (Å²) >= 11 is 0. The molecule has 0 unspecified atom stereocenters. The van der Waals surface area contributed by atoms with Crippen LogP contribution in [0.25, 0.3) is 0 Å². The number of carbonyl (C=O) groups is 1. The van der Waals surface area contributed by atoms with E-state index in [4.69, 9.17) is 9.47 Å². The smallest absolute Gasteiger partial charge is 0.227 e. The van der Waals surface area contributed by atoms with Crippen LogP contribution in [0.15, 0.2) is 23.3 Å². The van der Waals surface area contributed by atoms with E-state index < -0.39 is 0 Å². The van der Waals surface area contributed by atoms with E-state index in [-0.39, 0.29) is 6.61 Å². The van der Waals surface area contributed by atoms with Crippen molar-refractivity contribution < 1.29 is 14.3 Å². The topological polar surface area (TPSA) is 86.9 Å². The van der Waals surface area contributed by atoms with Gasteiger partial charge in [0, 0.05) is 25.8 Å². The Labute approximate surface area is 129 Å². The molecule has 1 saturated heterocycles. The Hall–Kier alpha value is -2.43. The lowest BCUT2D eigenvalue weighted by Gasteiger charge is -2.29. The van der Waals surface area contributed by atoms with E-state index >= 15 is 0 Å². The molecule has 0 saturated carbocycles. The maximum Gasteiger partial charge on any atom is 0.227 e. The molecule has 0 spiro atoms. The first kappa shape index (κ1) is 15.9. The summed E-state index contributed by atoms with van der Waals surface area (Å²) in [7, 11) is 1.55. The van der Waals surface area contributed by atoms with Crippen LogP contribution in [0.4, 0.5) is 5.69 Å². The maximum absolute atomic E-state index is 10.4. The van der Waals surface area contributed by atoms with Gasteiger partial charge in [-0.3, -0.25) is 4.79 Å². The largest absolute Gasteiger partial charge is 0.378 e. The Morgan fingerprint density at radius 2 is 2.32 bits per heavy atom. The molecule has 0 aromatic heterocycles. The van der Waals surface area contributed by atoms with Gasteiger partial charge in [0.15, 0.2) is 0 Å². The first-order chi connectivity index (χ1) is 10.8. The molecule has 1 N–H and O–H groups in total. The van der Waals surface area contributed by atoms with Crippen LogP contribution in [-0.4, -0.2) is 52.1 Å². The first-order valence-electron chi connectivity index (χ1n) is 6.92. The maximum atomic E-state index is 10.4. The molecule has 1 fully saturated rings. The summed E-state index contributed by atoms with van der Waals surface area (Å²) in [5, 5.41) is 13.4. The number of nitriles is 1. The number of amides is 1. The number of hydrogen-bond donors (Lipinski definition) is 1. The molecule has 0 bridgehead atoms. The average molecular weight is 302 g/mol. The van der Waals surface area contributed by atoms with Crippen molar-refractivity contribution in [2.75, 3.05) is 44.9 Å². The molecule has 0 radical (unpaired) electrons. The lowest BCUT2D eigenvalue weighted by Crippen LogP contribution is -2.36. The number of rotatable bonds is 6. The molecule has 7 nitrogen and oxygen atoms in total. The van der Waals surface area contributed by atoms with Gasteiger partial charge >= 0.3 is 0 Å². The third-order valence-corrected chi connectivity index (χ3v) is 3.34. The predicted octanol–water partition coefficient (Wildman–Crippen LogP) is 0.491. The van der Waals surface area contributed by atoms with Gasteiger partial charge in [0.2, 0.25) is 6.41 Å². The summed E-state index contributed by atoms with van der Waals surface area (Å²) in [5.74, 6) is 0.